The van der Waals surface area contributed by atoms with E-state index in [4.69, 9.17) is 4.74 Å². The molecule has 0 saturated carbocycles. The molecule has 1 unspecified atom stereocenters. The smallest absolute Gasteiger partial charge is 0.0895 e. The molecule has 1 N–H and O–H groups in total. The van der Waals surface area contributed by atoms with Gasteiger partial charge in [0.2, 0.25) is 0 Å². The Morgan fingerprint density at radius 3 is 3.33 bits per heavy atom. The second-order valence-corrected chi connectivity index (χ2v) is 2.93. The summed E-state index contributed by atoms with van der Waals surface area (Å²) in [5.41, 5.74) is 0. The van der Waals surface area contributed by atoms with Crippen LogP contribution in [0, 0.1) is 0 Å². The van der Waals surface area contributed by atoms with Crippen LogP contribution in [0.5, 0.6) is 0 Å². The number of nitrogens with zero attached hydrogens (tertiary/aromatic N) is 2. The van der Waals surface area contributed by atoms with E-state index in [-0.39, 0.29) is 6.10 Å². The molecule has 0 bridgehead atoms. The first-order chi connectivity index (χ1) is 5.95. The van der Waals surface area contributed by atoms with Crippen molar-refractivity contribution in [3.63, 3.8) is 0 Å². The van der Waals surface area contributed by atoms with Crippen LogP contribution >= 0.6 is 0 Å². The average Bonchev–Trinajstić information content (AvgIpc) is 2.59. The molecule has 4 heteroatoms. The summed E-state index contributed by atoms with van der Waals surface area (Å²) in [6.45, 7) is 3.56. The van der Waals surface area contributed by atoms with Crippen LogP contribution < -0.4 is 5.32 Å². The second-order valence-electron chi connectivity index (χ2n) is 2.93. The second kappa shape index (κ2) is 3.69. The van der Waals surface area contributed by atoms with E-state index in [0.29, 0.717) is 0 Å². The van der Waals surface area contributed by atoms with E-state index < -0.39 is 0 Å². The molecule has 4 nitrogen and oxygen atoms in total. The summed E-state index contributed by atoms with van der Waals surface area (Å²) in [5, 5.41) is 7.40. The fourth-order valence-corrected chi connectivity index (χ4v) is 1.35. The number of morpholine rings is 1. The Labute approximate surface area is 71.5 Å². The fourth-order valence-electron chi connectivity index (χ4n) is 1.35. The lowest BCUT2D eigenvalue weighted by Gasteiger charge is -2.23. The molecule has 1 fully saturated rings. The van der Waals surface area contributed by atoms with E-state index >= 15 is 0 Å². The molecule has 0 amide bonds. The maximum absolute atomic E-state index is 5.53. The minimum atomic E-state index is 0.277. The lowest BCUT2D eigenvalue weighted by atomic mass is 10.3. The first-order valence-electron chi connectivity index (χ1n) is 4.25. The Hall–Kier alpha value is -0.870. The summed E-state index contributed by atoms with van der Waals surface area (Å²) in [7, 11) is 0. The Kier molecular flexibility index (Phi) is 2.39. The highest BCUT2D eigenvalue weighted by molar-refractivity contribution is 4.79. The molecule has 2 rings (SSSR count). The molecule has 2 heterocycles. The van der Waals surface area contributed by atoms with Gasteiger partial charge in [0.1, 0.15) is 0 Å². The van der Waals surface area contributed by atoms with E-state index in [1.165, 1.54) is 0 Å². The zero-order valence-corrected chi connectivity index (χ0v) is 6.94. The van der Waals surface area contributed by atoms with Crippen LogP contribution in [0.2, 0.25) is 0 Å². The van der Waals surface area contributed by atoms with Crippen molar-refractivity contribution < 1.29 is 4.74 Å². The molecule has 0 spiro atoms. The number of hydrogen-bond acceptors (Lipinski definition) is 3. The van der Waals surface area contributed by atoms with Crippen molar-refractivity contribution in [1.29, 1.82) is 0 Å². The summed E-state index contributed by atoms with van der Waals surface area (Å²) in [5.74, 6) is 0. The predicted molar refractivity (Wildman–Crippen MR) is 44.8 cm³/mol. The zero-order valence-electron chi connectivity index (χ0n) is 6.94. The standard InChI is InChI=1S/C8H13N3O/c1-2-10-11(4-1)7-8-6-9-3-5-12-8/h1-2,4,8-9H,3,5-7H2. The SMILES string of the molecule is c1cnn(CC2CNCCO2)c1. The van der Waals surface area contributed by atoms with Crippen LogP contribution in [-0.2, 0) is 11.3 Å². The van der Waals surface area contributed by atoms with Gasteiger partial charge in [-0.05, 0) is 6.07 Å². The van der Waals surface area contributed by atoms with Crippen LogP contribution in [0.25, 0.3) is 0 Å². The number of rotatable bonds is 2. The quantitative estimate of drug-likeness (QED) is 0.667. The lowest BCUT2D eigenvalue weighted by molar-refractivity contribution is 0.0161. The van der Waals surface area contributed by atoms with E-state index in [9.17, 15) is 0 Å². The van der Waals surface area contributed by atoms with Crippen LogP contribution in [0.4, 0.5) is 0 Å². The van der Waals surface area contributed by atoms with Crippen LogP contribution in [0.15, 0.2) is 18.5 Å². The van der Waals surface area contributed by atoms with Crippen molar-refractivity contribution in [2.45, 2.75) is 12.6 Å². The average molecular weight is 167 g/mol. The van der Waals surface area contributed by atoms with Crippen molar-refractivity contribution in [3.05, 3.63) is 18.5 Å². The molecule has 1 aromatic heterocycles. The molecule has 1 saturated heterocycles. The molecule has 1 aromatic rings. The van der Waals surface area contributed by atoms with E-state index in [1.807, 2.05) is 16.9 Å². The number of nitrogens with one attached hydrogen (secondary N) is 1. The highest BCUT2D eigenvalue weighted by Gasteiger charge is 2.13. The Bertz CT molecular complexity index is 216. The third-order valence-electron chi connectivity index (χ3n) is 1.95. The normalized spacial score (nSPS) is 24.2. The zero-order chi connectivity index (χ0) is 8.23. The van der Waals surface area contributed by atoms with Gasteiger partial charge in [-0.1, -0.05) is 0 Å². The van der Waals surface area contributed by atoms with Crippen LogP contribution in [0.1, 0.15) is 0 Å². The van der Waals surface area contributed by atoms with E-state index in [1.54, 1.807) is 6.20 Å². The molecule has 0 aliphatic carbocycles. The van der Waals surface area contributed by atoms with Gasteiger partial charge in [-0.3, -0.25) is 4.68 Å². The molecular formula is C8H13N3O. The maximum atomic E-state index is 5.53. The van der Waals surface area contributed by atoms with Gasteiger partial charge in [-0.15, -0.1) is 0 Å². The highest BCUT2D eigenvalue weighted by Crippen LogP contribution is 1.98. The first kappa shape index (κ1) is 7.76. The van der Waals surface area contributed by atoms with Crippen molar-refractivity contribution in [2.24, 2.45) is 0 Å². The van der Waals surface area contributed by atoms with Crippen LogP contribution in [-0.4, -0.2) is 35.6 Å². The molecule has 66 valence electrons. The Balaban J connectivity index is 1.86. The van der Waals surface area contributed by atoms with Crippen molar-refractivity contribution >= 4 is 0 Å². The topological polar surface area (TPSA) is 39.1 Å². The first-order valence-corrected chi connectivity index (χ1v) is 4.25. The van der Waals surface area contributed by atoms with Crippen molar-refractivity contribution in [3.8, 4) is 0 Å². The van der Waals surface area contributed by atoms with Crippen LogP contribution in [0.3, 0.4) is 0 Å². The van der Waals surface area contributed by atoms with E-state index in [0.717, 1.165) is 26.2 Å². The van der Waals surface area contributed by atoms with Crippen molar-refractivity contribution in [1.82, 2.24) is 15.1 Å². The van der Waals surface area contributed by atoms with Gasteiger partial charge in [0.25, 0.3) is 0 Å². The van der Waals surface area contributed by atoms with E-state index in [2.05, 4.69) is 10.4 Å². The summed E-state index contributed by atoms with van der Waals surface area (Å²) >= 11 is 0. The summed E-state index contributed by atoms with van der Waals surface area (Å²) in [4.78, 5) is 0. The minimum absolute atomic E-state index is 0.277. The molecule has 0 radical (unpaired) electrons. The highest BCUT2D eigenvalue weighted by atomic mass is 16.5. The third kappa shape index (κ3) is 1.84. The minimum Gasteiger partial charge on any atom is -0.374 e. The van der Waals surface area contributed by atoms with Gasteiger partial charge < -0.3 is 10.1 Å². The van der Waals surface area contributed by atoms with Gasteiger partial charge in [0.05, 0.1) is 19.3 Å². The maximum Gasteiger partial charge on any atom is 0.0895 e. The third-order valence-corrected chi connectivity index (χ3v) is 1.95. The molecule has 1 atom stereocenters. The van der Waals surface area contributed by atoms with Gasteiger partial charge in [-0.2, -0.15) is 5.10 Å². The molecule has 1 aliphatic heterocycles. The summed E-state index contributed by atoms with van der Waals surface area (Å²) in [6.07, 6.45) is 4.02. The molecule has 0 aromatic carbocycles. The summed E-state index contributed by atoms with van der Waals surface area (Å²) in [6, 6.07) is 1.93. The van der Waals surface area contributed by atoms with Gasteiger partial charge in [-0.25, -0.2) is 0 Å². The number of hydrogen-bond donors (Lipinski definition) is 1. The number of ether oxygens (including phenoxy) is 1. The fraction of sp³-hybridized carbons (Fsp3) is 0.625. The van der Waals surface area contributed by atoms with Gasteiger partial charge in [0, 0.05) is 25.5 Å². The molecule has 1 aliphatic rings. The molecule has 12 heavy (non-hydrogen) atoms. The Morgan fingerprint density at radius 1 is 1.67 bits per heavy atom. The summed E-state index contributed by atoms with van der Waals surface area (Å²) < 4.78 is 7.43. The Morgan fingerprint density at radius 2 is 2.67 bits per heavy atom. The monoisotopic (exact) mass is 167 g/mol. The van der Waals surface area contributed by atoms with Crippen molar-refractivity contribution in [2.75, 3.05) is 19.7 Å². The van der Waals surface area contributed by atoms with Gasteiger partial charge in [0.15, 0.2) is 0 Å². The predicted octanol–water partition coefficient (Wildman–Crippen LogP) is -0.129. The van der Waals surface area contributed by atoms with Gasteiger partial charge >= 0.3 is 0 Å². The number of aromatic nitrogens is 2. The largest absolute Gasteiger partial charge is 0.374 e. The lowest BCUT2D eigenvalue weighted by Crippen LogP contribution is -2.40. The molecular weight excluding hydrogens is 154 g/mol.